The van der Waals surface area contributed by atoms with Gasteiger partial charge in [-0.2, -0.15) is 0 Å². The minimum Gasteiger partial charge on any atom is -0.494 e. The highest BCUT2D eigenvalue weighted by Gasteiger charge is 2.27. The van der Waals surface area contributed by atoms with Crippen LogP contribution < -0.4 is 4.74 Å². The van der Waals surface area contributed by atoms with Crippen LogP contribution in [0.25, 0.3) is 0 Å². The summed E-state index contributed by atoms with van der Waals surface area (Å²) >= 11 is 0. The molecule has 0 saturated heterocycles. The summed E-state index contributed by atoms with van der Waals surface area (Å²) in [5, 5.41) is 0. The van der Waals surface area contributed by atoms with Gasteiger partial charge in [0.05, 0.1) is 19.1 Å². The first-order valence-corrected chi connectivity index (χ1v) is 13.6. The molecule has 3 nitrogen and oxygen atoms in total. The molecule has 32 heavy (non-hydrogen) atoms. The summed E-state index contributed by atoms with van der Waals surface area (Å²) in [7, 11) is 0. The van der Waals surface area contributed by atoms with Crippen LogP contribution in [0.1, 0.15) is 116 Å². The molecule has 2 rings (SSSR count). The van der Waals surface area contributed by atoms with Crippen LogP contribution in [0.3, 0.4) is 0 Å². The molecule has 0 heterocycles. The van der Waals surface area contributed by atoms with Crippen LogP contribution in [0.2, 0.25) is 0 Å². The van der Waals surface area contributed by atoms with E-state index in [1.165, 1.54) is 82.6 Å². The number of rotatable bonds is 17. The van der Waals surface area contributed by atoms with Crippen molar-refractivity contribution in [3.63, 3.8) is 0 Å². The number of hydrogen-bond acceptors (Lipinski definition) is 3. The fraction of sp³-hybridized carbons (Fsp3) is 0.759. The molecule has 0 aromatic heterocycles. The molecule has 3 heteroatoms. The lowest BCUT2D eigenvalue weighted by Gasteiger charge is -2.27. The summed E-state index contributed by atoms with van der Waals surface area (Å²) in [4.78, 5) is 12.5. The molecule has 0 radical (unpaired) electrons. The van der Waals surface area contributed by atoms with Gasteiger partial charge in [0.2, 0.25) is 0 Å². The molecule has 182 valence electrons. The molecule has 0 spiro atoms. The van der Waals surface area contributed by atoms with Crippen LogP contribution in [0.15, 0.2) is 24.3 Å². The normalized spacial score (nSPS) is 18.4. The number of carbonyl (C=O) groups excluding carboxylic acids is 1. The first-order chi connectivity index (χ1) is 15.7. The number of ether oxygens (including phenoxy) is 2. The van der Waals surface area contributed by atoms with Gasteiger partial charge in [-0.3, -0.25) is 4.79 Å². The predicted octanol–water partition coefficient (Wildman–Crippen LogP) is 8.29. The third-order valence-electron chi connectivity index (χ3n) is 6.97. The fourth-order valence-corrected chi connectivity index (χ4v) is 4.76. The number of carbonyl (C=O) groups is 1. The molecule has 0 amide bonds. The smallest absolute Gasteiger partial charge is 0.308 e. The second kappa shape index (κ2) is 17.0. The molecule has 0 aliphatic heterocycles. The molecule has 1 fully saturated rings. The van der Waals surface area contributed by atoms with Gasteiger partial charge in [0, 0.05) is 6.42 Å². The van der Waals surface area contributed by atoms with Gasteiger partial charge in [-0.1, -0.05) is 90.2 Å². The maximum atomic E-state index is 12.5. The SMILES string of the molecule is CCCCCCCOc1ccc(CCOC(=O)[C@H]2CC[C@H](CCCCCCC)CC2)cc1. The molecule has 1 aromatic rings. The Kier molecular flexibility index (Phi) is 14.2. The van der Waals surface area contributed by atoms with E-state index in [2.05, 4.69) is 26.0 Å². The number of esters is 1. The maximum Gasteiger partial charge on any atom is 0.308 e. The first-order valence-electron chi connectivity index (χ1n) is 13.6. The number of unbranched alkanes of at least 4 members (excludes halogenated alkanes) is 8. The predicted molar refractivity (Wildman–Crippen MR) is 134 cm³/mol. The Hall–Kier alpha value is -1.51. The van der Waals surface area contributed by atoms with E-state index in [1.807, 2.05) is 12.1 Å². The second-order valence-electron chi connectivity index (χ2n) is 9.74. The first kappa shape index (κ1) is 26.7. The van der Waals surface area contributed by atoms with Gasteiger partial charge in [-0.15, -0.1) is 0 Å². The average molecular weight is 445 g/mol. The van der Waals surface area contributed by atoms with Crippen LogP contribution in [0.5, 0.6) is 5.75 Å². The van der Waals surface area contributed by atoms with E-state index in [4.69, 9.17) is 9.47 Å². The van der Waals surface area contributed by atoms with E-state index in [-0.39, 0.29) is 11.9 Å². The summed E-state index contributed by atoms with van der Waals surface area (Å²) in [5.74, 6) is 1.91. The van der Waals surface area contributed by atoms with Gasteiger partial charge in [-0.05, 0) is 55.7 Å². The van der Waals surface area contributed by atoms with Crippen LogP contribution >= 0.6 is 0 Å². The molecule has 0 unspecified atom stereocenters. The third-order valence-corrected chi connectivity index (χ3v) is 6.97. The summed E-state index contributed by atoms with van der Waals surface area (Å²) in [6, 6.07) is 8.25. The zero-order valence-corrected chi connectivity index (χ0v) is 20.9. The minimum atomic E-state index is 0.0226. The molecular weight excluding hydrogens is 396 g/mol. The van der Waals surface area contributed by atoms with Crippen LogP contribution in [0.4, 0.5) is 0 Å². The van der Waals surface area contributed by atoms with E-state index in [0.717, 1.165) is 44.0 Å². The molecular formula is C29H48O3. The highest BCUT2D eigenvalue weighted by Crippen LogP contribution is 2.32. The molecule has 1 aliphatic carbocycles. The topological polar surface area (TPSA) is 35.5 Å². The highest BCUT2D eigenvalue weighted by molar-refractivity contribution is 5.72. The van der Waals surface area contributed by atoms with Gasteiger partial charge < -0.3 is 9.47 Å². The Bertz CT molecular complexity index is 587. The Morgan fingerprint density at radius 2 is 1.41 bits per heavy atom. The number of benzene rings is 1. The Balaban J connectivity index is 1.53. The molecule has 0 atom stereocenters. The van der Waals surface area contributed by atoms with Gasteiger partial charge in [0.1, 0.15) is 5.75 Å². The summed E-state index contributed by atoms with van der Waals surface area (Å²) in [6.07, 6.45) is 19.6. The van der Waals surface area contributed by atoms with E-state index in [1.54, 1.807) is 0 Å². The molecule has 1 saturated carbocycles. The Labute approximate surface area is 197 Å². The molecule has 0 bridgehead atoms. The molecule has 1 aromatic carbocycles. The minimum absolute atomic E-state index is 0.0226. The van der Waals surface area contributed by atoms with Crippen molar-refractivity contribution in [1.82, 2.24) is 0 Å². The van der Waals surface area contributed by atoms with E-state index in [9.17, 15) is 4.79 Å². The Morgan fingerprint density at radius 1 is 0.781 bits per heavy atom. The van der Waals surface area contributed by atoms with E-state index >= 15 is 0 Å². The van der Waals surface area contributed by atoms with Gasteiger partial charge in [0.15, 0.2) is 0 Å². The van der Waals surface area contributed by atoms with Gasteiger partial charge in [-0.25, -0.2) is 0 Å². The van der Waals surface area contributed by atoms with Crippen molar-refractivity contribution in [3.05, 3.63) is 29.8 Å². The largest absolute Gasteiger partial charge is 0.494 e. The van der Waals surface area contributed by atoms with Crippen molar-refractivity contribution in [2.45, 2.75) is 117 Å². The second-order valence-corrected chi connectivity index (χ2v) is 9.74. The summed E-state index contributed by atoms with van der Waals surface area (Å²) < 4.78 is 11.4. The molecule has 1 aliphatic rings. The van der Waals surface area contributed by atoms with E-state index < -0.39 is 0 Å². The van der Waals surface area contributed by atoms with Crippen molar-refractivity contribution in [1.29, 1.82) is 0 Å². The fourth-order valence-electron chi connectivity index (χ4n) is 4.76. The van der Waals surface area contributed by atoms with Crippen LogP contribution in [0, 0.1) is 11.8 Å². The molecule has 0 N–H and O–H groups in total. The van der Waals surface area contributed by atoms with Gasteiger partial charge >= 0.3 is 5.97 Å². The quantitative estimate of drug-likeness (QED) is 0.179. The van der Waals surface area contributed by atoms with Crippen LogP contribution in [-0.2, 0) is 16.0 Å². The lowest BCUT2D eigenvalue weighted by atomic mass is 9.80. The van der Waals surface area contributed by atoms with Crippen molar-refractivity contribution < 1.29 is 14.3 Å². The van der Waals surface area contributed by atoms with Crippen molar-refractivity contribution in [3.8, 4) is 5.75 Å². The standard InChI is InChI=1S/C29H48O3/c1-3-5-7-9-11-13-25-14-18-27(19-15-25)29(30)32-24-22-26-16-20-28(21-17-26)31-23-12-10-8-6-4-2/h16-17,20-21,25,27H,3-15,18-19,22-24H2,1-2H3/t25-,27-. The maximum absolute atomic E-state index is 12.5. The van der Waals surface area contributed by atoms with Crippen LogP contribution in [-0.4, -0.2) is 19.2 Å². The van der Waals surface area contributed by atoms with Gasteiger partial charge in [0.25, 0.3) is 0 Å². The summed E-state index contributed by atoms with van der Waals surface area (Å²) in [5.41, 5.74) is 1.19. The van der Waals surface area contributed by atoms with Crippen molar-refractivity contribution >= 4 is 5.97 Å². The lowest BCUT2D eigenvalue weighted by Crippen LogP contribution is -2.24. The monoisotopic (exact) mass is 444 g/mol. The van der Waals surface area contributed by atoms with E-state index in [0.29, 0.717) is 6.61 Å². The average Bonchev–Trinajstić information content (AvgIpc) is 2.82. The number of hydrogen-bond donors (Lipinski definition) is 0. The Morgan fingerprint density at radius 3 is 2.06 bits per heavy atom. The van der Waals surface area contributed by atoms with Crippen molar-refractivity contribution in [2.24, 2.45) is 11.8 Å². The third kappa shape index (κ3) is 11.4. The lowest BCUT2D eigenvalue weighted by molar-refractivity contribution is -0.149. The highest BCUT2D eigenvalue weighted by atomic mass is 16.5. The summed E-state index contributed by atoms with van der Waals surface area (Å²) in [6.45, 7) is 5.78. The zero-order valence-electron chi connectivity index (χ0n) is 20.9. The zero-order chi connectivity index (χ0) is 22.9. The van der Waals surface area contributed by atoms with Crippen molar-refractivity contribution in [2.75, 3.05) is 13.2 Å².